The van der Waals surface area contributed by atoms with E-state index in [0.29, 0.717) is 0 Å². The first kappa shape index (κ1) is 16.1. The normalized spacial score (nSPS) is 10.8. The van der Waals surface area contributed by atoms with E-state index >= 15 is 0 Å². The topological polar surface area (TPSA) is 85.3 Å². The molecule has 0 aliphatic carbocycles. The highest BCUT2D eigenvalue weighted by Gasteiger charge is 2.16. The van der Waals surface area contributed by atoms with Crippen LogP contribution in [-0.4, -0.2) is 48.8 Å². The Morgan fingerprint density at radius 2 is 1.67 bits per heavy atom. The highest BCUT2D eigenvalue weighted by Crippen LogP contribution is 1.96. The van der Waals surface area contributed by atoms with Crippen molar-refractivity contribution in [2.75, 3.05) is 20.3 Å². The van der Waals surface area contributed by atoms with Crippen LogP contribution in [0.2, 0.25) is 0 Å². The lowest BCUT2D eigenvalue weighted by molar-refractivity contribution is -0.148. The summed E-state index contributed by atoms with van der Waals surface area (Å²) in [6.07, 6.45) is -0.413. The number of esters is 2. The van der Waals surface area contributed by atoms with Gasteiger partial charge in [-0.25, -0.2) is 9.80 Å². The van der Waals surface area contributed by atoms with E-state index in [1.807, 2.05) is 0 Å². The zero-order chi connectivity index (χ0) is 14.1. The molecule has 7 nitrogen and oxygen atoms in total. The summed E-state index contributed by atoms with van der Waals surface area (Å²) in [5.41, 5.74) is 0.0385. The van der Waals surface area contributed by atoms with Gasteiger partial charge in [-0.3, -0.25) is 9.59 Å². The Balaban J connectivity index is 4.42. The lowest BCUT2D eigenvalue weighted by Crippen LogP contribution is -2.27. The summed E-state index contributed by atoms with van der Waals surface area (Å²) in [7, 11) is 1.35. The second-order valence-corrected chi connectivity index (χ2v) is 3.31. The quantitative estimate of drug-likeness (QED) is 0.297. The number of hydrogen-bond donors (Lipinski definition) is 0. The first-order valence-corrected chi connectivity index (χ1v) is 5.56. The van der Waals surface area contributed by atoms with Crippen LogP contribution < -0.4 is 0 Å². The molecule has 0 aliphatic heterocycles. The number of ether oxygens (including phenoxy) is 2. The van der Waals surface area contributed by atoms with Gasteiger partial charge in [-0.15, -0.1) is 0 Å². The molecule has 0 aromatic carbocycles. The van der Waals surface area contributed by atoms with Gasteiger partial charge in [0.1, 0.15) is 12.1 Å². The molecule has 0 atom stereocenters. The van der Waals surface area contributed by atoms with E-state index in [0.717, 1.165) is 5.01 Å². The first-order valence-electron chi connectivity index (χ1n) is 5.56. The lowest BCUT2D eigenvalue weighted by Gasteiger charge is -2.11. The third kappa shape index (κ3) is 5.97. The zero-order valence-corrected chi connectivity index (χ0v) is 11.1. The number of carbonyl (C=O) groups excluding carboxylic acids is 3. The van der Waals surface area contributed by atoms with Crippen LogP contribution in [0.25, 0.3) is 0 Å². The van der Waals surface area contributed by atoms with Gasteiger partial charge in [-0.2, -0.15) is 5.10 Å². The van der Waals surface area contributed by atoms with Crippen molar-refractivity contribution >= 4 is 23.6 Å². The largest absolute Gasteiger partial charge is 0.466 e. The average Bonchev–Trinajstić information content (AvgIpc) is 2.29. The Morgan fingerprint density at radius 3 is 2.17 bits per heavy atom. The van der Waals surface area contributed by atoms with Crippen LogP contribution >= 0.6 is 0 Å². The van der Waals surface area contributed by atoms with Gasteiger partial charge in [0, 0.05) is 7.05 Å². The summed E-state index contributed by atoms with van der Waals surface area (Å²) < 4.78 is 9.33. The Hall–Kier alpha value is -1.92. The lowest BCUT2D eigenvalue weighted by atomic mass is 10.4. The summed E-state index contributed by atoms with van der Waals surface area (Å²) in [6.45, 7) is 5.18. The molecule has 0 spiro atoms. The maximum Gasteiger partial charge on any atom is 0.354 e. The molecule has 0 saturated heterocycles. The number of carbonyl (C=O) groups is 3. The van der Waals surface area contributed by atoms with Crippen molar-refractivity contribution in [1.82, 2.24) is 5.01 Å². The van der Waals surface area contributed by atoms with Crippen LogP contribution in [-0.2, 0) is 23.9 Å². The van der Waals surface area contributed by atoms with Gasteiger partial charge in [0.05, 0.1) is 13.2 Å². The van der Waals surface area contributed by atoms with Crippen LogP contribution in [0.1, 0.15) is 27.2 Å². The molecule has 18 heavy (non-hydrogen) atoms. The Labute approximate surface area is 106 Å². The van der Waals surface area contributed by atoms with Gasteiger partial charge in [-0.1, -0.05) is 0 Å². The summed E-state index contributed by atoms with van der Waals surface area (Å²) in [4.78, 5) is 33.8. The average molecular weight is 258 g/mol. The van der Waals surface area contributed by atoms with E-state index < -0.39 is 24.3 Å². The van der Waals surface area contributed by atoms with E-state index in [1.165, 1.54) is 14.0 Å². The number of rotatable bonds is 6. The molecule has 1 amide bonds. The summed E-state index contributed by atoms with van der Waals surface area (Å²) >= 11 is 0. The minimum absolute atomic E-state index is 0.0385. The van der Waals surface area contributed by atoms with Gasteiger partial charge >= 0.3 is 11.9 Å². The van der Waals surface area contributed by atoms with Crippen molar-refractivity contribution in [3.63, 3.8) is 0 Å². The standard InChI is InChI=1S/C11H18N2O5/c1-5-17-10(15)7-9(14)13(4)12-8(3)11(16)18-6-2/h5-7H2,1-4H3/b12-8-. The van der Waals surface area contributed by atoms with E-state index in [9.17, 15) is 14.4 Å². The van der Waals surface area contributed by atoms with E-state index in [1.54, 1.807) is 13.8 Å². The Morgan fingerprint density at radius 1 is 1.11 bits per heavy atom. The highest BCUT2D eigenvalue weighted by atomic mass is 16.5. The Kier molecular flexibility index (Phi) is 7.34. The fraction of sp³-hybridized carbons (Fsp3) is 0.636. The monoisotopic (exact) mass is 258 g/mol. The van der Waals surface area contributed by atoms with E-state index in [-0.39, 0.29) is 18.9 Å². The fourth-order valence-electron chi connectivity index (χ4n) is 1.01. The number of hydrogen-bond acceptors (Lipinski definition) is 6. The van der Waals surface area contributed by atoms with E-state index in [4.69, 9.17) is 4.74 Å². The fourth-order valence-corrected chi connectivity index (χ4v) is 1.01. The van der Waals surface area contributed by atoms with E-state index in [2.05, 4.69) is 9.84 Å². The van der Waals surface area contributed by atoms with Crippen molar-refractivity contribution in [3.05, 3.63) is 0 Å². The molecular weight excluding hydrogens is 240 g/mol. The zero-order valence-electron chi connectivity index (χ0n) is 11.1. The molecule has 0 bridgehead atoms. The molecule has 0 aliphatic rings. The predicted molar refractivity (Wildman–Crippen MR) is 63.8 cm³/mol. The molecule has 0 rings (SSSR count). The van der Waals surface area contributed by atoms with Crippen molar-refractivity contribution in [3.8, 4) is 0 Å². The second kappa shape index (κ2) is 8.21. The first-order chi connectivity index (χ1) is 8.42. The third-order valence-electron chi connectivity index (χ3n) is 1.83. The molecule has 102 valence electrons. The third-order valence-corrected chi connectivity index (χ3v) is 1.83. The van der Waals surface area contributed by atoms with Gasteiger partial charge in [0.25, 0.3) is 5.91 Å². The minimum atomic E-state index is -0.627. The minimum Gasteiger partial charge on any atom is -0.466 e. The maximum absolute atomic E-state index is 11.5. The molecule has 0 fully saturated rings. The van der Waals surface area contributed by atoms with Gasteiger partial charge in [0.2, 0.25) is 0 Å². The van der Waals surface area contributed by atoms with Crippen LogP contribution in [0, 0.1) is 0 Å². The summed E-state index contributed by atoms with van der Waals surface area (Å²) in [5, 5.41) is 4.65. The van der Waals surface area contributed by atoms with Crippen LogP contribution in [0.5, 0.6) is 0 Å². The van der Waals surface area contributed by atoms with Crippen LogP contribution in [0.3, 0.4) is 0 Å². The predicted octanol–water partition coefficient (Wildman–Crippen LogP) is 0.337. The Bertz CT molecular complexity index is 351. The molecular formula is C11H18N2O5. The highest BCUT2D eigenvalue weighted by molar-refractivity contribution is 6.35. The molecule has 0 radical (unpaired) electrons. The molecule has 0 aromatic heterocycles. The molecule has 0 unspecified atom stereocenters. The van der Waals surface area contributed by atoms with Crippen LogP contribution in [0.4, 0.5) is 0 Å². The maximum atomic E-state index is 11.5. The van der Waals surface area contributed by atoms with Gasteiger partial charge in [-0.05, 0) is 20.8 Å². The van der Waals surface area contributed by atoms with Crippen LogP contribution in [0.15, 0.2) is 5.10 Å². The summed E-state index contributed by atoms with van der Waals surface area (Å²) in [5.74, 6) is -1.79. The van der Waals surface area contributed by atoms with Crippen molar-refractivity contribution in [2.45, 2.75) is 27.2 Å². The molecule has 0 saturated carbocycles. The number of nitrogens with zero attached hydrogens (tertiary/aromatic N) is 2. The van der Waals surface area contributed by atoms with Crippen molar-refractivity contribution in [2.24, 2.45) is 5.10 Å². The van der Waals surface area contributed by atoms with Gasteiger partial charge in [0.15, 0.2) is 0 Å². The van der Waals surface area contributed by atoms with Crippen molar-refractivity contribution < 1.29 is 23.9 Å². The molecule has 0 aromatic rings. The molecule has 0 heterocycles. The number of hydrazone groups is 1. The van der Waals surface area contributed by atoms with Crippen molar-refractivity contribution in [1.29, 1.82) is 0 Å². The second-order valence-electron chi connectivity index (χ2n) is 3.31. The smallest absolute Gasteiger partial charge is 0.354 e. The molecule has 7 heteroatoms. The summed E-state index contributed by atoms with van der Waals surface area (Å²) in [6, 6.07) is 0. The number of amides is 1. The molecule has 0 N–H and O–H groups in total. The SMILES string of the molecule is CCOC(=O)CC(=O)N(C)/N=C(/C)C(=O)OCC. The van der Waals surface area contributed by atoms with Gasteiger partial charge < -0.3 is 9.47 Å².